The van der Waals surface area contributed by atoms with Gasteiger partial charge in [0.15, 0.2) is 0 Å². The summed E-state index contributed by atoms with van der Waals surface area (Å²) in [5.74, 6) is 0. The van der Waals surface area contributed by atoms with E-state index in [4.69, 9.17) is 0 Å². The first-order valence-electron chi connectivity index (χ1n) is 5.39. The van der Waals surface area contributed by atoms with Crippen molar-refractivity contribution in [2.45, 2.75) is 13.5 Å². The largest absolute Gasteiger partial charge is 0.381 e. The van der Waals surface area contributed by atoms with E-state index in [0.29, 0.717) is 17.8 Å². The highest BCUT2D eigenvalue weighted by Crippen LogP contribution is 2.22. The van der Waals surface area contributed by atoms with Gasteiger partial charge >= 0.3 is 0 Å². The number of nitrogens with one attached hydrogen (secondary N) is 1. The molecule has 0 saturated carbocycles. The standard InChI is InChI=1S/C12H12N4O2/c1-9-2-3-11(4-12(9)16(17)18)15-7-10-5-13-8-14-6-10/h2-6,8,15H,7H2,1H3. The van der Waals surface area contributed by atoms with E-state index in [-0.39, 0.29) is 10.6 Å². The summed E-state index contributed by atoms with van der Waals surface area (Å²) in [5.41, 5.74) is 2.38. The van der Waals surface area contributed by atoms with Crippen LogP contribution in [0, 0.1) is 17.0 Å². The van der Waals surface area contributed by atoms with E-state index in [9.17, 15) is 10.1 Å². The van der Waals surface area contributed by atoms with Gasteiger partial charge in [0.05, 0.1) is 4.92 Å². The predicted octanol–water partition coefficient (Wildman–Crippen LogP) is 2.31. The average Bonchev–Trinajstić information content (AvgIpc) is 2.38. The molecule has 0 unspecified atom stereocenters. The Morgan fingerprint density at radius 3 is 2.72 bits per heavy atom. The number of nitro benzene ring substituents is 1. The van der Waals surface area contributed by atoms with Crippen LogP contribution >= 0.6 is 0 Å². The maximum Gasteiger partial charge on any atom is 0.274 e. The molecule has 1 N–H and O–H groups in total. The van der Waals surface area contributed by atoms with Gasteiger partial charge in [0.25, 0.3) is 5.69 Å². The Balaban J connectivity index is 2.11. The van der Waals surface area contributed by atoms with Gasteiger partial charge in [-0.15, -0.1) is 0 Å². The molecule has 0 fully saturated rings. The maximum absolute atomic E-state index is 10.8. The topological polar surface area (TPSA) is 81.0 Å². The molecule has 0 saturated heterocycles. The van der Waals surface area contributed by atoms with Crippen LogP contribution in [0.15, 0.2) is 36.9 Å². The lowest BCUT2D eigenvalue weighted by molar-refractivity contribution is -0.385. The normalized spacial score (nSPS) is 10.1. The van der Waals surface area contributed by atoms with E-state index in [1.54, 1.807) is 25.4 Å². The molecule has 0 aliphatic heterocycles. The number of aryl methyl sites for hydroxylation is 1. The third kappa shape index (κ3) is 2.79. The minimum Gasteiger partial charge on any atom is -0.381 e. The monoisotopic (exact) mass is 244 g/mol. The third-order valence-electron chi connectivity index (χ3n) is 2.52. The fraction of sp³-hybridized carbons (Fsp3) is 0.167. The minimum atomic E-state index is -0.383. The Labute approximate surface area is 104 Å². The zero-order chi connectivity index (χ0) is 13.0. The van der Waals surface area contributed by atoms with E-state index in [2.05, 4.69) is 15.3 Å². The number of anilines is 1. The van der Waals surface area contributed by atoms with Crippen LogP contribution < -0.4 is 5.32 Å². The molecule has 6 heteroatoms. The fourth-order valence-electron chi connectivity index (χ4n) is 1.54. The quantitative estimate of drug-likeness (QED) is 0.659. The van der Waals surface area contributed by atoms with Crippen molar-refractivity contribution in [2.24, 2.45) is 0 Å². The molecule has 0 radical (unpaired) electrons. The van der Waals surface area contributed by atoms with Gasteiger partial charge < -0.3 is 5.32 Å². The number of hydrogen-bond donors (Lipinski definition) is 1. The smallest absolute Gasteiger partial charge is 0.274 e. The summed E-state index contributed by atoms with van der Waals surface area (Å²) in [6, 6.07) is 5.06. The molecule has 0 atom stereocenters. The van der Waals surface area contributed by atoms with Crippen LogP contribution in [0.25, 0.3) is 0 Å². The van der Waals surface area contributed by atoms with Gasteiger partial charge in [-0.3, -0.25) is 10.1 Å². The summed E-state index contributed by atoms with van der Waals surface area (Å²) in [6.45, 7) is 2.24. The van der Waals surface area contributed by atoms with Crippen molar-refractivity contribution in [3.8, 4) is 0 Å². The van der Waals surface area contributed by atoms with Crippen LogP contribution in [0.3, 0.4) is 0 Å². The van der Waals surface area contributed by atoms with Crippen molar-refractivity contribution in [1.29, 1.82) is 0 Å². The Hall–Kier alpha value is -2.50. The molecule has 2 aromatic rings. The Kier molecular flexibility index (Phi) is 3.47. The summed E-state index contributed by atoms with van der Waals surface area (Å²) in [4.78, 5) is 18.2. The lowest BCUT2D eigenvalue weighted by Crippen LogP contribution is -2.01. The first-order valence-corrected chi connectivity index (χ1v) is 5.39. The Morgan fingerprint density at radius 1 is 1.33 bits per heavy atom. The second-order valence-electron chi connectivity index (χ2n) is 3.86. The van der Waals surface area contributed by atoms with Gasteiger partial charge in [0, 0.05) is 41.8 Å². The summed E-state index contributed by atoms with van der Waals surface area (Å²) < 4.78 is 0. The van der Waals surface area contributed by atoms with Gasteiger partial charge in [-0.25, -0.2) is 9.97 Å². The lowest BCUT2D eigenvalue weighted by Gasteiger charge is -2.06. The number of nitrogens with zero attached hydrogens (tertiary/aromatic N) is 3. The van der Waals surface area contributed by atoms with Crippen molar-refractivity contribution >= 4 is 11.4 Å². The van der Waals surface area contributed by atoms with Gasteiger partial charge in [0.2, 0.25) is 0 Å². The van der Waals surface area contributed by atoms with Crippen molar-refractivity contribution in [1.82, 2.24) is 9.97 Å². The second-order valence-corrected chi connectivity index (χ2v) is 3.86. The van der Waals surface area contributed by atoms with Crippen LogP contribution in [0.5, 0.6) is 0 Å². The summed E-state index contributed by atoms with van der Waals surface area (Å²) >= 11 is 0. The van der Waals surface area contributed by atoms with Crippen LogP contribution in [0.2, 0.25) is 0 Å². The zero-order valence-corrected chi connectivity index (χ0v) is 9.83. The Bertz CT molecular complexity index is 557. The molecule has 92 valence electrons. The Morgan fingerprint density at radius 2 is 2.06 bits per heavy atom. The van der Waals surface area contributed by atoms with Gasteiger partial charge in [0.1, 0.15) is 6.33 Å². The number of hydrogen-bond acceptors (Lipinski definition) is 5. The molecule has 0 bridgehead atoms. The number of benzene rings is 1. The molecule has 1 aromatic heterocycles. The highest BCUT2D eigenvalue weighted by molar-refractivity contribution is 5.54. The number of aromatic nitrogens is 2. The predicted molar refractivity (Wildman–Crippen MR) is 67.2 cm³/mol. The highest BCUT2D eigenvalue weighted by Gasteiger charge is 2.10. The van der Waals surface area contributed by atoms with E-state index in [1.165, 1.54) is 12.4 Å². The molecular weight excluding hydrogens is 232 g/mol. The summed E-state index contributed by atoms with van der Waals surface area (Å²) in [7, 11) is 0. The van der Waals surface area contributed by atoms with Gasteiger partial charge in [-0.05, 0) is 13.0 Å². The van der Waals surface area contributed by atoms with Crippen molar-refractivity contribution in [3.05, 3.63) is 58.2 Å². The van der Waals surface area contributed by atoms with Crippen molar-refractivity contribution < 1.29 is 4.92 Å². The molecule has 0 amide bonds. The molecule has 0 aliphatic carbocycles. The SMILES string of the molecule is Cc1ccc(NCc2cncnc2)cc1[N+](=O)[O-]. The van der Waals surface area contributed by atoms with E-state index >= 15 is 0 Å². The van der Waals surface area contributed by atoms with Gasteiger partial charge in [-0.2, -0.15) is 0 Å². The van der Waals surface area contributed by atoms with E-state index in [1.807, 2.05) is 6.07 Å². The van der Waals surface area contributed by atoms with E-state index < -0.39 is 0 Å². The summed E-state index contributed by atoms with van der Waals surface area (Å²) in [6.07, 6.45) is 4.85. The van der Waals surface area contributed by atoms with Gasteiger partial charge in [-0.1, -0.05) is 6.07 Å². The number of nitro groups is 1. The third-order valence-corrected chi connectivity index (χ3v) is 2.52. The van der Waals surface area contributed by atoms with E-state index in [0.717, 1.165) is 5.56 Å². The molecular formula is C12H12N4O2. The highest BCUT2D eigenvalue weighted by atomic mass is 16.6. The number of rotatable bonds is 4. The first-order chi connectivity index (χ1) is 8.66. The van der Waals surface area contributed by atoms with Crippen LogP contribution in [0.4, 0.5) is 11.4 Å². The molecule has 2 rings (SSSR count). The second kappa shape index (κ2) is 5.22. The fourth-order valence-corrected chi connectivity index (χ4v) is 1.54. The van der Waals surface area contributed by atoms with Crippen LogP contribution in [-0.2, 0) is 6.54 Å². The summed E-state index contributed by atoms with van der Waals surface area (Å²) in [5, 5.41) is 13.9. The van der Waals surface area contributed by atoms with Crippen LogP contribution in [0.1, 0.15) is 11.1 Å². The molecule has 1 heterocycles. The maximum atomic E-state index is 10.8. The average molecular weight is 244 g/mol. The molecule has 0 spiro atoms. The molecule has 1 aromatic carbocycles. The van der Waals surface area contributed by atoms with Crippen molar-refractivity contribution in [2.75, 3.05) is 5.32 Å². The molecule has 18 heavy (non-hydrogen) atoms. The zero-order valence-electron chi connectivity index (χ0n) is 9.83. The first kappa shape index (κ1) is 12.0. The molecule has 0 aliphatic rings. The van der Waals surface area contributed by atoms with Crippen molar-refractivity contribution in [3.63, 3.8) is 0 Å². The van der Waals surface area contributed by atoms with Crippen LogP contribution in [-0.4, -0.2) is 14.9 Å². The molecule has 6 nitrogen and oxygen atoms in total. The minimum absolute atomic E-state index is 0.115. The lowest BCUT2D eigenvalue weighted by atomic mass is 10.2.